The summed E-state index contributed by atoms with van der Waals surface area (Å²) in [4.78, 5) is 33.5. The highest BCUT2D eigenvalue weighted by Gasteiger charge is 2.18. The molecule has 3 aromatic rings. The molecule has 0 fully saturated rings. The highest BCUT2D eigenvalue weighted by atomic mass is 19.1. The first kappa shape index (κ1) is 22.2. The number of nitrogens with zero attached hydrogens (tertiary/aromatic N) is 3. The minimum atomic E-state index is -0.557. The zero-order chi connectivity index (χ0) is 22.5. The lowest BCUT2D eigenvalue weighted by atomic mass is 10.0. The summed E-state index contributed by atoms with van der Waals surface area (Å²) < 4.78 is 27.8. The van der Waals surface area contributed by atoms with Crippen LogP contribution in [0, 0.1) is 18.7 Å². The molecule has 7 heteroatoms. The number of aromatic nitrogens is 2. The Kier molecular flexibility index (Phi) is 6.84. The van der Waals surface area contributed by atoms with Gasteiger partial charge in [0.15, 0.2) is 5.78 Å². The van der Waals surface area contributed by atoms with Gasteiger partial charge in [-0.1, -0.05) is 19.1 Å². The van der Waals surface area contributed by atoms with Gasteiger partial charge in [-0.2, -0.15) is 4.39 Å². The Labute approximate surface area is 179 Å². The van der Waals surface area contributed by atoms with Crippen LogP contribution in [-0.4, -0.2) is 28.7 Å². The van der Waals surface area contributed by atoms with E-state index in [4.69, 9.17) is 0 Å². The van der Waals surface area contributed by atoms with Crippen molar-refractivity contribution < 1.29 is 18.4 Å². The molecule has 0 saturated heterocycles. The van der Waals surface area contributed by atoms with Crippen LogP contribution in [0.5, 0.6) is 0 Å². The lowest BCUT2D eigenvalue weighted by Gasteiger charge is -2.19. The van der Waals surface area contributed by atoms with Gasteiger partial charge in [0.1, 0.15) is 5.82 Å². The summed E-state index contributed by atoms with van der Waals surface area (Å²) in [7, 11) is 1.55. The van der Waals surface area contributed by atoms with Crippen LogP contribution < -0.4 is 4.90 Å². The molecule has 0 N–H and O–H groups in total. The van der Waals surface area contributed by atoms with Crippen molar-refractivity contribution in [3.63, 3.8) is 0 Å². The molecule has 1 aromatic carbocycles. The Morgan fingerprint density at radius 2 is 1.77 bits per heavy atom. The van der Waals surface area contributed by atoms with Crippen molar-refractivity contribution >= 4 is 17.4 Å². The molecule has 160 valence electrons. The van der Waals surface area contributed by atoms with E-state index in [9.17, 15) is 18.4 Å². The average Bonchev–Trinajstić information content (AvgIpc) is 2.79. The molecular formula is C24H23F2N3O2. The Balaban J connectivity index is 1.74. The number of anilines is 1. The van der Waals surface area contributed by atoms with Crippen molar-refractivity contribution in [3.05, 3.63) is 77.2 Å². The van der Waals surface area contributed by atoms with Gasteiger partial charge >= 0.3 is 0 Å². The van der Waals surface area contributed by atoms with Gasteiger partial charge in [0.25, 0.3) is 0 Å². The monoisotopic (exact) mass is 423 g/mol. The molecule has 0 bridgehead atoms. The number of Topliss-reactive ketones (excluding diaryl/α,β-unsaturated/α-hetero) is 1. The number of ketones is 1. The van der Waals surface area contributed by atoms with Crippen LogP contribution in [-0.2, 0) is 11.2 Å². The number of halogens is 2. The predicted molar refractivity (Wildman–Crippen MR) is 115 cm³/mol. The van der Waals surface area contributed by atoms with E-state index in [0.29, 0.717) is 28.8 Å². The fourth-order valence-electron chi connectivity index (χ4n) is 3.25. The second-order valence-electron chi connectivity index (χ2n) is 7.22. The zero-order valence-corrected chi connectivity index (χ0v) is 17.7. The molecule has 0 unspecified atom stereocenters. The summed E-state index contributed by atoms with van der Waals surface area (Å²) in [5, 5.41) is 0. The second-order valence-corrected chi connectivity index (χ2v) is 7.22. The minimum Gasteiger partial charge on any atom is -0.313 e. The number of hydrogen-bond donors (Lipinski definition) is 0. The Morgan fingerprint density at radius 1 is 1.00 bits per heavy atom. The first-order chi connectivity index (χ1) is 14.8. The number of benzene rings is 1. The maximum absolute atomic E-state index is 14.9. The van der Waals surface area contributed by atoms with Gasteiger partial charge in [0.2, 0.25) is 11.9 Å². The first-order valence-electron chi connectivity index (χ1n) is 9.97. The second kappa shape index (κ2) is 9.55. The van der Waals surface area contributed by atoms with Gasteiger partial charge in [0, 0.05) is 43.4 Å². The highest BCUT2D eigenvalue weighted by molar-refractivity contribution is 5.96. The third-order valence-electron chi connectivity index (χ3n) is 5.19. The quantitative estimate of drug-likeness (QED) is 0.400. The van der Waals surface area contributed by atoms with Crippen LogP contribution in [0.4, 0.5) is 14.5 Å². The van der Waals surface area contributed by atoms with Crippen molar-refractivity contribution in [2.24, 2.45) is 0 Å². The summed E-state index contributed by atoms with van der Waals surface area (Å²) in [6.45, 7) is 3.36. The summed E-state index contributed by atoms with van der Waals surface area (Å²) in [5.41, 5.74) is 2.94. The standard InChI is InChI=1S/C24H23F2N3O2/c1-4-23(31)29(3)20-10-8-18(15(2)24(20)26)19-9-7-17(14-27-19)21(30)11-5-16-6-12-22(25)28-13-16/h6-10,12-14H,4-5,11H2,1-3H3. The topological polar surface area (TPSA) is 63.2 Å². The van der Waals surface area contributed by atoms with Crippen LogP contribution in [0.3, 0.4) is 0 Å². The van der Waals surface area contributed by atoms with E-state index < -0.39 is 11.8 Å². The lowest BCUT2D eigenvalue weighted by molar-refractivity contribution is -0.118. The van der Waals surface area contributed by atoms with Gasteiger partial charge in [-0.3, -0.25) is 14.6 Å². The number of rotatable bonds is 7. The largest absolute Gasteiger partial charge is 0.313 e. The van der Waals surface area contributed by atoms with Gasteiger partial charge in [-0.05, 0) is 48.7 Å². The van der Waals surface area contributed by atoms with Crippen LogP contribution in [0.2, 0.25) is 0 Å². The zero-order valence-electron chi connectivity index (χ0n) is 17.7. The molecule has 0 radical (unpaired) electrons. The molecule has 2 aromatic heterocycles. The summed E-state index contributed by atoms with van der Waals surface area (Å²) in [6.07, 6.45) is 3.86. The molecule has 5 nitrogen and oxygen atoms in total. The summed E-state index contributed by atoms with van der Waals surface area (Å²) >= 11 is 0. The molecule has 0 aliphatic rings. The molecule has 0 aliphatic heterocycles. The van der Waals surface area contributed by atoms with E-state index in [-0.39, 0.29) is 30.2 Å². The summed E-state index contributed by atoms with van der Waals surface area (Å²) in [5.74, 6) is -1.31. The van der Waals surface area contributed by atoms with Gasteiger partial charge in [-0.15, -0.1) is 0 Å². The van der Waals surface area contributed by atoms with Crippen molar-refractivity contribution in [1.29, 1.82) is 0 Å². The van der Waals surface area contributed by atoms with Crippen molar-refractivity contribution in [1.82, 2.24) is 9.97 Å². The SMILES string of the molecule is CCC(=O)N(C)c1ccc(-c2ccc(C(=O)CCc3ccc(F)nc3)cn2)c(C)c1F. The Hall–Kier alpha value is -3.48. The molecular weight excluding hydrogens is 400 g/mol. The van der Waals surface area contributed by atoms with Gasteiger partial charge in [0.05, 0.1) is 11.4 Å². The van der Waals surface area contributed by atoms with E-state index >= 15 is 0 Å². The van der Waals surface area contributed by atoms with Crippen LogP contribution in [0.25, 0.3) is 11.3 Å². The number of aryl methyl sites for hydroxylation is 1. The smallest absolute Gasteiger partial charge is 0.226 e. The fraction of sp³-hybridized carbons (Fsp3) is 0.250. The minimum absolute atomic E-state index is 0.0960. The lowest BCUT2D eigenvalue weighted by Crippen LogP contribution is -2.26. The van der Waals surface area contributed by atoms with E-state index in [1.54, 1.807) is 51.2 Å². The molecule has 1 amide bonds. The van der Waals surface area contributed by atoms with Crippen LogP contribution in [0.1, 0.15) is 41.3 Å². The number of carbonyl (C=O) groups is 2. The maximum Gasteiger partial charge on any atom is 0.226 e. The number of carbonyl (C=O) groups excluding carboxylic acids is 2. The third-order valence-corrected chi connectivity index (χ3v) is 5.19. The van der Waals surface area contributed by atoms with Crippen LogP contribution >= 0.6 is 0 Å². The average molecular weight is 423 g/mol. The van der Waals surface area contributed by atoms with Crippen molar-refractivity contribution in [3.8, 4) is 11.3 Å². The van der Waals surface area contributed by atoms with E-state index in [1.807, 2.05) is 0 Å². The number of amides is 1. The number of pyridine rings is 2. The molecule has 0 saturated carbocycles. The van der Waals surface area contributed by atoms with E-state index in [0.717, 1.165) is 5.56 Å². The van der Waals surface area contributed by atoms with Crippen molar-refractivity contribution in [2.75, 3.05) is 11.9 Å². The summed E-state index contributed by atoms with van der Waals surface area (Å²) in [6, 6.07) is 9.48. The first-order valence-corrected chi connectivity index (χ1v) is 9.97. The highest BCUT2D eigenvalue weighted by Crippen LogP contribution is 2.30. The molecule has 0 aliphatic carbocycles. The van der Waals surface area contributed by atoms with Crippen molar-refractivity contribution in [2.45, 2.75) is 33.1 Å². The normalized spacial score (nSPS) is 10.7. The molecule has 31 heavy (non-hydrogen) atoms. The molecule has 3 rings (SSSR count). The Morgan fingerprint density at radius 3 is 2.39 bits per heavy atom. The molecule has 0 atom stereocenters. The number of hydrogen-bond acceptors (Lipinski definition) is 4. The van der Waals surface area contributed by atoms with Gasteiger partial charge < -0.3 is 4.90 Å². The van der Waals surface area contributed by atoms with E-state index in [1.165, 1.54) is 23.4 Å². The fourth-order valence-corrected chi connectivity index (χ4v) is 3.25. The van der Waals surface area contributed by atoms with Crippen LogP contribution in [0.15, 0.2) is 48.8 Å². The van der Waals surface area contributed by atoms with E-state index in [2.05, 4.69) is 9.97 Å². The maximum atomic E-state index is 14.9. The Bertz CT molecular complexity index is 1100. The predicted octanol–water partition coefficient (Wildman–Crippen LogP) is 4.92. The third kappa shape index (κ3) is 4.99. The molecule has 0 spiro atoms. The molecule has 2 heterocycles. The van der Waals surface area contributed by atoms with Gasteiger partial charge in [-0.25, -0.2) is 9.37 Å².